The van der Waals surface area contributed by atoms with Crippen LogP contribution in [-0.4, -0.2) is 35.9 Å². The van der Waals surface area contributed by atoms with Crippen LogP contribution in [0.25, 0.3) is 11.3 Å². The standard InChI is InChI=1S/C22H20F3N7O/c1-13(2)32-16(12-17(31-32)22(23,24)25)15-8-9-26-18(11-15)28-21(33)20-27-19(29-30-20)10-14-6-4-3-5-7-14/h3-9,11-13H,10H2,1-2H3,(H,26,28,33)(H,27,29,30). The van der Waals surface area contributed by atoms with Gasteiger partial charge in [0.1, 0.15) is 11.6 Å². The molecule has 0 fully saturated rings. The van der Waals surface area contributed by atoms with Crippen molar-refractivity contribution in [3.8, 4) is 11.3 Å². The van der Waals surface area contributed by atoms with Gasteiger partial charge < -0.3 is 10.3 Å². The summed E-state index contributed by atoms with van der Waals surface area (Å²) in [6, 6.07) is 13.3. The number of carbonyl (C=O) groups is 1. The minimum Gasteiger partial charge on any atom is -0.321 e. The lowest BCUT2D eigenvalue weighted by atomic mass is 10.1. The third-order valence-electron chi connectivity index (χ3n) is 4.78. The molecular weight excluding hydrogens is 435 g/mol. The summed E-state index contributed by atoms with van der Waals surface area (Å²) in [5.41, 5.74) is 0.718. The first-order chi connectivity index (χ1) is 15.7. The number of anilines is 1. The van der Waals surface area contributed by atoms with Crippen molar-refractivity contribution >= 4 is 11.7 Å². The van der Waals surface area contributed by atoms with Gasteiger partial charge in [0.15, 0.2) is 5.69 Å². The number of amides is 1. The zero-order valence-corrected chi connectivity index (χ0v) is 17.8. The van der Waals surface area contributed by atoms with E-state index in [4.69, 9.17) is 0 Å². The molecule has 4 aromatic rings. The minimum atomic E-state index is -4.57. The van der Waals surface area contributed by atoms with E-state index in [9.17, 15) is 18.0 Å². The summed E-state index contributed by atoms with van der Waals surface area (Å²) in [6.07, 6.45) is -2.69. The summed E-state index contributed by atoms with van der Waals surface area (Å²) >= 11 is 0. The number of carbonyl (C=O) groups excluding carboxylic acids is 1. The zero-order valence-electron chi connectivity index (χ0n) is 17.8. The van der Waals surface area contributed by atoms with Gasteiger partial charge in [-0.3, -0.25) is 9.48 Å². The fourth-order valence-electron chi connectivity index (χ4n) is 3.24. The average molecular weight is 455 g/mol. The SMILES string of the molecule is CC(C)n1nc(C(F)(F)F)cc1-c1ccnc(NC(=O)c2nnc(Cc3ccccc3)[nH]2)c1. The molecular formula is C22H20F3N7O. The van der Waals surface area contributed by atoms with Crippen LogP contribution in [0.3, 0.4) is 0 Å². The number of alkyl halides is 3. The molecule has 0 bridgehead atoms. The highest BCUT2D eigenvalue weighted by Crippen LogP contribution is 2.33. The van der Waals surface area contributed by atoms with Gasteiger partial charge in [0.05, 0.1) is 5.69 Å². The van der Waals surface area contributed by atoms with Crippen LogP contribution in [0.15, 0.2) is 54.7 Å². The van der Waals surface area contributed by atoms with Gasteiger partial charge >= 0.3 is 6.18 Å². The maximum Gasteiger partial charge on any atom is 0.435 e. The number of halogens is 3. The average Bonchev–Trinajstić information content (AvgIpc) is 3.42. The van der Waals surface area contributed by atoms with E-state index in [2.05, 4.69) is 30.6 Å². The van der Waals surface area contributed by atoms with Gasteiger partial charge in [-0.25, -0.2) is 4.98 Å². The lowest BCUT2D eigenvalue weighted by Gasteiger charge is -2.11. The van der Waals surface area contributed by atoms with Crippen molar-refractivity contribution in [2.75, 3.05) is 5.32 Å². The highest BCUT2D eigenvalue weighted by atomic mass is 19.4. The summed E-state index contributed by atoms with van der Waals surface area (Å²) < 4.78 is 40.8. The van der Waals surface area contributed by atoms with Crippen molar-refractivity contribution in [1.29, 1.82) is 0 Å². The monoisotopic (exact) mass is 455 g/mol. The quantitative estimate of drug-likeness (QED) is 0.446. The second-order valence-electron chi connectivity index (χ2n) is 7.62. The van der Waals surface area contributed by atoms with Gasteiger partial charge in [-0.15, -0.1) is 10.2 Å². The van der Waals surface area contributed by atoms with Gasteiger partial charge in [-0.05, 0) is 37.6 Å². The predicted molar refractivity (Wildman–Crippen MR) is 114 cm³/mol. The number of H-pyrrole nitrogens is 1. The van der Waals surface area contributed by atoms with Crippen LogP contribution in [0.4, 0.5) is 19.0 Å². The first kappa shape index (κ1) is 22.2. The van der Waals surface area contributed by atoms with Crippen molar-refractivity contribution in [3.05, 3.63) is 77.6 Å². The van der Waals surface area contributed by atoms with E-state index in [1.54, 1.807) is 19.9 Å². The van der Waals surface area contributed by atoms with E-state index in [1.807, 2.05) is 30.3 Å². The first-order valence-corrected chi connectivity index (χ1v) is 10.1. The molecule has 0 aliphatic rings. The second kappa shape index (κ2) is 8.85. The minimum absolute atomic E-state index is 0.000265. The van der Waals surface area contributed by atoms with E-state index in [0.717, 1.165) is 11.6 Å². The Balaban J connectivity index is 1.53. The molecule has 1 amide bonds. The third-order valence-corrected chi connectivity index (χ3v) is 4.78. The van der Waals surface area contributed by atoms with Gasteiger partial charge in [-0.2, -0.15) is 18.3 Å². The molecule has 0 aliphatic heterocycles. The van der Waals surface area contributed by atoms with Crippen molar-refractivity contribution in [2.24, 2.45) is 0 Å². The van der Waals surface area contributed by atoms with Crippen molar-refractivity contribution < 1.29 is 18.0 Å². The number of hydrogen-bond acceptors (Lipinski definition) is 5. The van der Waals surface area contributed by atoms with Crippen LogP contribution >= 0.6 is 0 Å². The molecule has 0 saturated heterocycles. The Hall–Kier alpha value is -4.02. The Morgan fingerprint density at radius 1 is 1.12 bits per heavy atom. The summed E-state index contributed by atoms with van der Waals surface area (Å²) in [6.45, 7) is 3.47. The molecule has 3 aromatic heterocycles. The lowest BCUT2D eigenvalue weighted by molar-refractivity contribution is -0.141. The Morgan fingerprint density at radius 3 is 2.58 bits per heavy atom. The van der Waals surface area contributed by atoms with Crippen LogP contribution in [-0.2, 0) is 12.6 Å². The molecule has 0 spiro atoms. The number of aromatic nitrogens is 6. The first-order valence-electron chi connectivity index (χ1n) is 10.1. The van der Waals surface area contributed by atoms with Gasteiger partial charge in [-0.1, -0.05) is 30.3 Å². The molecule has 170 valence electrons. The Bertz CT molecular complexity index is 1260. The second-order valence-corrected chi connectivity index (χ2v) is 7.62. The number of nitrogens with zero attached hydrogens (tertiary/aromatic N) is 5. The molecule has 8 nitrogen and oxygen atoms in total. The summed E-state index contributed by atoms with van der Waals surface area (Å²) in [7, 11) is 0. The Labute approximate surface area is 186 Å². The largest absolute Gasteiger partial charge is 0.435 e. The van der Waals surface area contributed by atoms with E-state index < -0.39 is 17.8 Å². The van der Waals surface area contributed by atoms with Crippen LogP contribution in [0.1, 0.15) is 47.6 Å². The fourth-order valence-corrected chi connectivity index (χ4v) is 3.24. The number of aromatic amines is 1. The molecule has 0 atom stereocenters. The van der Waals surface area contributed by atoms with Crippen LogP contribution in [0, 0.1) is 0 Å². The Kier molecular flexibility index (Phi) is 5.95. The zero-order chi connectivity index (χ0) is 23.6. The van der Waals surface area contributed by atoms with Crippen LogP contribution in [0.2, 0.25) is 0 Å². The molecule has 2 N–H and O–H groups in total. The van der Waals surface area contributed by atoms with Crippen molar-refractivity contribution in [1.82, 2.24) is 29.9 Å². The van der Waals surface area contributed by atoms with Gasteiger partial charge in [0.2, 0.25) is 5.82 Å². The topological polar surface area (TPSA) is 101 Å². The van der Waals surface area contributed by atoms with Crippen molar-refractivity contribution in [3.63, 3.8) is 0 Å². The molecule has 3 heterocycles. The number of rotatable bonds is 6. The van der Waals surface area contributed by atoms with E-state index in [1.165, 1.54) is 16.9 Å². The van der Waals surface area contributed by atoms with Crippen LogP contribution < -0.4 is 5.32 Å². The number of pyridine rings is 1. The van der Waals surface area contributed by atoms with Gasteiger partial charge in [0.25, 0.3) is 5.91 Å². The van der Waals surface area contributed by atoms with E-state index in [-0.39, 0.29) is 23.4 Å². The molecule has 4 rings (SSSR count). The predicted octanol–water partition coefficient (Wildman–Crippen LogP) is 4.51. The lowest BCUT2D eigenvalue weighted by Crippen LogP contribution is -2.15. The maximum absolute atomic E-state index is 13.2. The van der Waals surface area contributed by atoms with Crippen LogP contribution in [0.5, 0.6) is 0 Å². The molecule has 0 aliphatic carbocycles. The number of hydrogen-bond donors (Lipinski definition) is 2. The van der Waals surface area contributed by atoms with Gasteiger partial charge in [0, 0.05) is 24.2 Å². The molecule has 0 unspecified atom stereocenters. The van der Waals surface area contributed by atoms with E-state index >= 15 is 0 Å². The summed E-state index contributed by atoms with van der Waals surface area (Å²) in [4.78, 5) is 19.5. The van der Waals surface area contributed by atoms with Crippen molar-refractivity contribution in [2.45, 2.75) is 32.5 Å². The fraction of sp³-hybridized carbons (Fsp3) is 0.227. The number of nitrogens with one attached hydrogen (secondary N) is 2. The number of benzene rings is 1. The molecule has 11 heteroatoms. The highest BCUT2D eigenvalue weighted by molar-refractivity contribution is 6.01. The highest BCUT2D eigenvalue weighted by Gasteiger charge is 2.35. The normalized spacial score (nSPS) is 11.7. The molecule has 33 heavy (non-hydrogen) atoms. The maximum atomic E-state index is 13.2. The smallest absolute Gasteiger partial charge is 0.321 e. The van der Waals surface area contributed by atoms with E-state index in [0.29, 0.717) is 17.8 Å². The summed E-state index contributed by atoms with van der Waals surface area (Å²) in [5.74, 6) is 0.108. The molecule has 0 saturated carbocycles. The summed E-state index contributed by atoms with van der Waals surface area (Å²) in [5, 5.41) is 14.2. The molecule has 0 radical (unpaired) electrons. The Morgan fingerprint density at radius 2 is 1.88 bits per heavy atom. The molecule has 1 aromatic carbocycles. The third kappa shape index (κ3) is 5.08.